The molecule has 30 heavy (non-hydrogen) atoms. The van der Waals surface area contributed by atoms with Gasteiger partial charge in [0.2, 0.25) is 0 Å². The second kappa shape index (κ2) is 6.43. The highest BCUT2D eigenvalue weighted by Crippen LogP contribution is 2.45. The minimum atomic E-state index is -1.36. The quantitative estimate of drug-likeness (QED) is 0.342. The maximum Gasteiger partial charge on any atom is 0.280 e. The SMILES string of the molecule is Cc1c2c(nn1C)C(=O)N(c1ccc3[nH]cnc3c1)C2c1c(F)cc(Br)c(F)c1F. The Morgan fingerprint density at radius 3 is 2.67 bits per heavy atom. The van der Waals surface area contributed by atoms with E-state index in [0.29, 0.717) is 22.5 Å². The van der Waals surface area contributed by atoms with Gasteiger partial charge < -0.3 is 4.98 Å². The highest BCUT2D eigenvalue weighted by atomic mass is 79.9. The lowest BCUT2D eigenvalue weighted by molar-refractivity contribution is 0.0987. The first-order valence-electron chi connectivity index (χ1n) is 8.92. The maximum absolute atomic E-state index is 15.0. The van der Waals surface area contributed by atoms with Crippen molar-refractivity contribution in [2.45, 2.75) is 13.0 Å². The molecule has 1 N–H and O–H groups in total. The van der Waals surface area contributed by atoms with Crippen LogP contribution in [0.5, 0.6) is 0 Å². The number of H-pyrrole nitrogens is 1. The summed E-state index contributed by atoms with van der Waals surface area (Å²) in [4.78, 5) is 21.6. The van der Waals surface area contributed by atoms with Gasteiger partial charge in [0.15, 0.2) is 17.3 Å². The standard InChI is InChI=1S/C20H13BrF3N5O/c1-8-14-18(27-28(8)2)20(30)29(9-3-4-12-13(5-9)26-7-25-12)19(14)15-11(22)6-10(21)16(23)17(15)24/h3-7,19H,1-2H3,(H,25,26). The number of aromatic nitrogens is 4. The van der Waals surface area contributed by atoms with Crippen LogP contribution in [0.4, 0.5) is 18.9 Å². The number of carbonyl (C=O) groups is 1. The number of hydrogen-bond donors (Lipinski definition) is 1. The second-order valence-corrected chi connectivity index (χ2v) is 7.89. The van der Waals surface area contributed by atoms with E-state index < -0.39 is 35.0 Å². The number of halogens is 4. The number of benzene rings is 2. The molecular weight excluding hydrogens is 463 g/mol. The summed E-state index contributed by atoms with van der Waals surface area (Å²) in [5.74, 6) is -4.09. The lowest BCUT2D eigenvalue weighted by atomic mass is 9.97. The molecule has 0 saturated heterocycles. The Bertz CT molecular complexity index is 1360. The van der Waals surface area contributed by atoms with Gasteiger partial charge in [0.25, 0.3) is 5.91 Å². The van der Waals surface area contributed by atoms with Crippen molar-refractivity contribution in [2.24, 2.45) is 7.05 Å². The van der Waals surface area contributed by atoms with Crippen LogP contribution in [-0.4, -0.2) is 25.7 Å². The Morgan fingerprint density at radius 1 is 1.13 bits per heavy atom. The van der Waals surface area contributed by atoms with E-state index in [-0.39, 0.29) is 10.2 Å². The zero-order valence-electron chi connectivity index (χ0n) is 15.7. The van der Waals surface area contributed by atoms with Crippen LogP contribution in [0.3, 0.4) is 0 Å². The molecule has 1 aliphatic rings. The number of anilines is 1. The molecule has 0 saturated carbocycles. The van der Waals surface area contributed by atoms with Crippen LogP contribution in [0.2, 0.25) is 0 Å². The predicted octanol–water partition coefficient (Wildman–Crippen LogP) is 4.53. The number of nitrogens with zero attached hydrogens (tertiary/aromatic N) is 4. The number of fused-ring (bicyclic) bond motifs is 2. The molecule has 10 heteroatoms. The topological polar surface area (TPSA) is 66.8 Å². The molecule has 2 aromatic heterocycles. The summed E-state index contributed by atoms with van der Waals surface area (Å²) in [5.41, 5.74) is 2.08. The molecule has 152 valence electrons. The van der Waals surface area contributed by atoms with Crippen LogP contribution in [0.15, 0.2) is 35.1 Å². The zero-order valence-corrected chi connectivity index (χ0v) is 17.3. The first-order valence-corrected chi connectivity index (χ1v) is 9.72. The highest BCUT2D eigenvalue weighted by molar-refractivity contribution is 9.10. The van der Waals surface area contributed by atoms with Crippen LogP contribution in [0.25, 0.3) is 11.0 Å². The van der Waals surface area contributed by atoms with Gasteiger partial charge in [-0.3, -0.25) is 14.4 Å². The Morgan fingerprint density at radius 2 is 1.90 bits per heavy atom. The lowest BCUT2D eigenvalue weighted by Gasteiger charge is -2.27. The molecular formula is C20H13BrF3N5O. The molecule has 0 fully saturated rings. The minimum absolute atomic E-state index is 0.0734. The van der Waals surface area contributed by atoms with E-state index in [1.165, 1.54) is 15.9 Å². The Kier molecular flexibility index (Phi) is 4.04. The molecule has 0 spiro atoms. The molecule has 1 unspecified atom stereocenters. The van der Waals surface area contributed by atoms with E-state index in [4.69, 9.17) is 0 Å². The van der Waals surface area contributed by atoms with E-state index in [2.05, 4.69) is 31.0 Å². The molecule has 3 heterocycles. The summed E-state index contributed by atoms with van der Waals surface area (Å²) >= 11 is 2.82. The fourth-order valence-electron chi connectivity index (χ4n) is 3.91. The largest absolute Gasteiger partial charge is 0.345 e. The summed E-state index contributed by atoms with van der Waals surface area (Å²) in [5, 5.41) is 4.23. The minimum Gasteiger partial charge on any atom is -0.345 e. The molecule has 0 bridgehead atoms. The fraction of sp³-hybridized carbons (Fsp3) is 0.150. The van der Waals surface area contributed by atoms with Gasteiger partial charge >= 0.3 is 0 Å². The molecule has 4 aromatic rings. The van der Waals surface area contributed by atoms with Gasteiger partial charge in [-0.2, -0.15) is 5.10 Å². The normalized spacial score (nSPS) is 16.0. The van der Waals surface area contributed by atoms with Crippen molar-refractivity contribution in [2.75, 3.05) is 4.90 Å². The van der Waals surface area contributed by atoms with Gasteiger partial charge in [-0.25, -0.2) is 18.2 Å². The predicted molar refractivity (Wildman–Crippen MR) is 107 cm³/mol. The number of rotatable bonds is 2. The number of imidazole rings is 1. The Labute approximate surface area is 176 Å². The van der Waals surface area contributed by atoms with E-state index in [0.717, 1.165) is 11.6 Å². The monoisotopic (exact) mass is 475 g/mol. The van der Waals surface area contributed by atoms with Gasteiger partial charge in [0.05, 0.1) is 33.4 Å². The van der Waals surface area contributed by atoms with Crippen molar-refractivity contribution in [3.8, 4) is 0 Å². The summed E-state index contributed by atoms with van der Waals surface area (Å²) in [7, 11) is 1.63. The number of carbonyl (C=O) groups excluding carboxylic acids is 1. The number of amides is 1. The third-order valence-electron chi connectivity index (χ3n) is 5.44. The van der Waals surface area contributed by atoms with Gasteiger partial charge in [-0.15, -0.1) is 0 Å². The number of nitrogens with one attached hydrogen (secondary N) is 1. The van der Waals surface area contributed by atoms with Crippen molar-refractivity contribution in [3.05, 3.63) is 75.0 Å². The number of aryl methyl sites for hydroxylation is 1. The third-order valence-corrected chi connectivity index (χ3v) is 6.02. The van der Waals surface area contributed by atoms with Gasteiger partial charge in [-0.05, 0) is 47.1 Å². The van der Waals surface area contributed by atoms with Crippen LogP contribution in [0, 0.1) is 24.4 Å². The molecule has 0 aliphatic carbocycles. The van der Waals surface area contributed by atoms with E-state index in [1.807, 2.05) is 0 Å². The first kappa shape index (κ1) is 18.9. The van der Waals surface area contributed by atoms with Crippen molar-refractivity contribution >= 4 is 38.6 Å². The molecule has 5 rings (SSSR count). The van der Waals surface area contributed by atoms with Crippen LogP contribution in [-0.2, 0) is 7.05 Å². The summed E-state index contributed by atoms with van der Waals surface area (Å²) in [6, 6.07) is 4.61. The molecule has 1 aliphatic heterocycles. The Hall–Kier alpha value is -3.14. The van der Waals surface area contributed by atoms with E-state index in [9.17, 15) is 18.0 Å². The zero-order chi connectivity index (χ0) is 21.3. The Balaban J connectivity index is 1.80. The smallest absolute Gasteiger partial charge is 0.280 e. The van der Waals surface area contributed by atoms with Gasteiger partial charge in [-0.1, -0.05) is 0 Å². The summed E-state index contributed by atoms with van der Waals surface area (Å²) < 4.78 is 45.5. The number of aromatic amines is 1. The van der Waals surface area contributed by atoms with Gasteiger partial charge in [0, 0.05) is 24.0 Å². The van der Waals surface area contributed by atoms with Crippen LogP contribution in [0.1, 0.15) is 33.4 Å². The average molecular weight is 476 g/mol. The van der Waals surface area contributed by atoms with Crippen LogP contribution < -0.4 is 4.90 Å². The highest BCUT2D eigenvalue weighted by Gasteiger charge is 2.46. The van der Waals surface area contributed by atoms with Gasteiger partial charge in [0.1, 0.15) is 5.82 Å². The molecule has 6 nitrogen and oxygen atoms in total. The lowest BCUT2D eigenvalue weighted by Crippen LogP contribution is -2.31. The second-order valence-electron chi connectivity index (χ2n) is 7.03. The van der Waals surface area contributed by atoms with Crippen molar-refractivity contribution < 1.29 is 18.0 Å². The molecule has 1 amide bonds. The van der Waals surface area contributed by atoms with Crippen molar-refractivity contribution in [1.29, 1.82) is 0 Å². The summed E-state index contributed by atoms with van der Waals surface area (Å²) in [6.45, 7) is 1.69. The average Bonchev–Trinajstić information content (AvgIpc) is 3.36. The van der Waals surface area contributed by atoms with Crippen LogP contribution >= 0.6 is 15.9 Å². The van der Waals surface area contributed by atoms with Crippen molar-refractivity contribution in [1.82, 2.24) is 19.7 Å². The maximum atomic E-state index is 15.0. The number of hydrogen-bond acceptors (Lipinski definition) is 3. The van der Waals surface area contributed by atoms with Crippen molar-refractivity contribution in [3.63, 3.8) is 0 Å². The van der Waals surface area contributed by atoms with E-state index >= 15 is 0 Å². The molecule has 1 atom stereocenters. The fourth-order valence-corrected chi connectivity index (χ4v) is 4.29. The summed E-state index contributed by atoms with van der Waals surface area (Å²) in [6.07, 6.45) is 1.50. The van der Waals surface area contributed by atoms with E-state index in [1.54, 1.807) is 32.2 Å². The molecule has 0 radical (unpaired) electrons. The third kappa shape index (κ3) is 2.46. The first-order chi connectivity index (χ1) is 14.3. The molecule has 2 aromatic carbocycles.